The number of hydrogen-bond acceptors (Lipinski definition) is 4. The molecule has 31 heavy (non-hydrogen) atoms. The average molecular weight is 444 g/mol. The van der Waals surface area contributed by atoms with Crippen molar-refractivity contribution in [2.75, 3.05) is 13.1 Å². The highest BCUT2D eigenvalue weighted by Gasteiger charge is 2.33. The van der Waals surface area contributed by atoms with Gasteiger partial charge in [-0.2, -0.15) is 4.31 Å². The van der Waals surface area contributed by atoms with Crippen LogP contribution in [0.2, 0.25) is 0 Å². The molecule has 0 aliphatic carbocycles. The first kappa shape index (κ1) is 21.2. The van der Waals surface area contributed by atoms with Crippen molar-refractivity contribution in [2.45, 2.75) is 24.3 Å². The predicted molar refractivity (Wildman–Crippen MR) is 114 cm³/mol. The van der Waals surface area contributed by atoms with E-state index in [2.05, 4.69) is 10.3 Å². The van der Waals surface area contributed by atoms with Crippen molar-refractivity contribution in [3.8, 4) is 0 Å². The third-order valence-corrected chi connectivity index (χ3v) is 7.33. The summed E-state index contributed by atoms with van der Waals surface area (Å²) in [7, 11) is -3.78. The van der Waals surface area contributed by atoms with Crippen LogP contribution in [0.3, 0.4) is 0 Å². The highest BCUT2D eigenvalue weighted by atomic mass is 32.2. The molecule has 1 aliphatic rings. The summed E-state index contributed by atoms with van der Waals surface area (Å²) in [5.74, 6) is -1.02. The van der Waals surface area contributed by atoms with Gasteiger partial charge in [-0.1, -0.05) is 12.1 Å². The fraction of sp³-hybridized carbons (Fsp3) is 0.273. The van der Waals surface area contributed by atoms with E-state index < -0.39 is 15.9 Å². The molecule has 2 aromatic carbocycles. The maximum atomic E-state index is 13.2. The molecule has 2 heterocycles. The third kappa shape index (κ3) is 4.67. The molecule has 9 heteroatoms. The lowest BCUT2D eigenvalue weighted by molar-refractivity contribution is -0.126. The molecule has 1 aliphatic heterocycles. The van der Waals surface area contributed by atoms with Gasteiger partial charge in [0.15, 0.2) is 0 Å². The van der Waals surface area contributed by atoms with Crippen LogP contribution in [0.1, 0.15) is 18.4 Å². The van der Waals surface area contributed by atoms with Gasteiger partial charge < -0.3 is 10.3 Å². The molecule has 0 radical (unpaired) electrons. The fourth-order valence-electron chi connectivity index (χ4n) is 3.75. The molecule has 1 aromatic heterocycles. The van der Waals surface area contributed by atoms with Crippen molar-refractivity contribution in [3.63, 3.8) is 0 Å². The zero-order chi connectivity index (χ0) is 22.0. The van der Waals surface area contributed by atoms with E-state index in [-0.39, 0.29) is 35.3 Å². The molecule has 4 rings (SSSR count). The lowest BCUT2D eigenvalue weighted by Crippen LogP contribution is -2.45. The number of carbonyl (C=O) groups is 1. The number of amides is 1. The number of aromatic amines is 1. The first-order valence-corrected chi connectivity index (χ1v) is 11.4. The van der Waals surface area contributed by atoms with Crippen molar-refractivity contribution < 1.29 is 17.6 Å². The van der Waals surface area contributed by atoms with E-state index in [9.17, 15) is 22.4 Å². The highest BCUT2D eigenvalue weighted by Crippen LogP contribution is 2.25. The second-order valence-electron chi connectivity index (χ2n) is 7.62. The molecule has 1 saturated heterocycles. The lowest BCUT2D eigenvalue weighted by Gasteiger charge is -2.31. The number of halogens is 1. The number of hydrogen-bond donors (Lipinski definition) is 2. The zero-order valence-electron chi connectivity index (χ0n) is 16.7. The van der Waals surface area contributed by atoms with Crippen LogP contribution in [0, 0.1) is 11.7 Å². The standard InChI is InChI=1S/C22H22FN3O4S/c23-18-6-3-15(4-7-18)13-24-22(28)17-2-1-11-26(14-17)31(29,30)19-8-9-20-16(12-19)5-10-21(27)25-20/h3-10,12,17H,1-2,11,13-14H2,(H,24,28)(H,25,27). The topological polar surface area (TPSA) is 99.3 Å². The first-order chi connectivity index (χ1) is 14.8. The van der Waals surface area contributed by atoms with E-state index in [1.54, 1.807) is 24.3 Å². The number of carbonyl (C=O) groups excluding carboxylic acids is 1. The summed E-state index contributed by atoms with van der Waals surface area (Å²) in [5.41, 5.74) is 1.07. The molecule has 1 fully saturated rings. The van der Waals surface area contributed by atoms with Gasteiger partial charge in [-0.3, -0.25) is 9.59 Å². The summed E-state index contributed by atoms with van der Waals surface area (Å²) in [6, 6.07) is 13.3. The van der Waals surface area contributed by atoms with Gasteiger partial charge in [-0.25, -0.2) is 12.8 Å². The lowest BCUT2D eigenvalue weighted by atomic mass is 9.99. The Morgan fingerprint density at radius 2 is 1.90 bits per heavy atom. The van der Waals surface area contributed by atoms with Gasteiger partial charge in [0.05, 0.1) is 10.8 Å². The smallest absolute Gasteiger partial charge is 0.248 e. The van der Waals surface area contributed by atoms with E-state index in [0.29, 0.717) is 30.3 Å². The number of sulfonamides is 1. The number of H-pyrrole nitrogens is 1. The summed E-state index contributed by atoms with van der Waals surface area (Å²) in [6.07, 6.45) is 1.18. The molecule has 0 spiro atoms. The number of nitrogens with zero attached hydrogens (tertiary/aromatic N) is 1. The summed E-state index contributed by atoms with van der Waals surface area (Å²) in [4.78, 5) is 26.8. The van der Waals surface area contributed by atoms with E-state index in [1.165, 1.54) is 34.6 Å². The van der Waals surface area contributed by atoms with Crippen LogP contribution >= 0.6 is 0 Å². The number of pyridine rings is 1. The van der Waals surface area contributed by atoms with E-state index >= 15 is 0 Å². The number of nitrogens with one attached hydrogen (secondary N) is 2. The SMILES string of the molecule is O=C(NCc1ccc(F)cc1)C1CCCN(S(=O)(=O)c2ccc3[nH]c(=O)ccc3c2)C1. The molecular weight excluding hydrogens is 421 g/mol. The first-order valence-electron chi connectivity index (χ1n) is 9.98. The Bertz CT molecular complexity index is 1270. The van der Waals surface area contributed by atoms with Crippen LogP contribution in [-0.4, -0.2) is 36.7 Å². The Balaban J connectivity index is 1.46. The molecule has 1 amide bonds. The zero-order valence-corrected chi connectivity index (χ0v) is 17.5. The van der Waals surface area contributed by atoms with Gasteiger partial charge >= 0.3 is 0 Å². The van der Waals surface area contributed by atoms with Gasteiger partial charge in [0.2, 0.25) is 21.5 Å². The van der Waals surface area contributed by atoms with Gasteiger partial charge in [0.25, 0.3) is 0 Å². The normalized spacial score (nSPS) is 17.5. The van der Waals surface area contributed by atoms with Crippen molar-refractivity contribution >= 4 is 26.8 Å². The van der Waals surface area contributed by atoms with Gasteiger partial charge in [-0.05, 0) is 60.2 Å². The molecule has 0 saturated carbocycles. The average Bonchev–Trinajstić information content (AvgIpc) is 2.78. The van der Waals surface area contributed by atoms with Crippen LogP contribution in [0.5, 0.6) is 0 Å². The van der Waals surface area contributed by atoms with Crippen molar-refractivity contribution in [1.82, 2.24) is 14.6 Å². The van der Waals surface area contributed by atoms with Crippen LogP contribution in [0.25, 0.3) is 10.9 Å². The fourth-order valence-corrected chi connectivity index (χ4v) is 5.31. The van der Waals surface area contributed by atoms with Crippen molar-refractivity contribution in [2.24, 2.45) is 5.92 Å². The summed E-state index contributed by atoms with van der Waals surface area (Å²) < 4.78 is 40.7. The molecular formula is C22H22FN3O4S. The van der Waals surface area contributed by atoms with Gasteiger partial charge in [-0.15, -0.1) is 0 Å². The maximum Gasteiger partial charge on any atom is 0.248 e. The Morgan fingerprint density at radius 1 is 1.13 bits per heavy atom. The highest BCUT2D eigenvalue weighted by molar-refractivity contribution is 7.89. The number of aromatic nitrogens is 1. The minimum Gasteiger partial charge on any atom is -0.352 e. The van der Waals surface area contributed by atoms with E-state index in [4.69, 9.17) is 0 Å². The van der Waals surface area contributed by atoms with Gasteiger partial charge in [0.1, 0.15) is 5.82 Å². The van der Waals surface area contributed by atoms with Gasteiger partial charge in [0, 0.05) is 31.2 Å². The second kappa shape index (κ2) is 8.60. The predicted octanol–water partition coefficient (Wildman–Crippen LogP) is 2.38. The molecule has 1 atom stereocenters. The Kier molecular flexibility index (Phi) is 5.88. The minimum absolute atomic E-state index is 0.0985. The number of piperidine rings is 1. The van der Waals surface area contributed by atoms with E-state index in [1.807, 2.05) is 0 Å². The van der Waals surface area contributed by atoms with Crippen molar-refractivity contribution in [1.29, 1.82) is 0 Å². The second-order valence-corrected chi connectivity index (χ2v) is 9.56. The minimum atomic E-state index is -3.78. The van der Waals surface area contributed by atoms with Crippen molar-refractivity contribution in [3.05, 3.63) is 76.3 Å². The Morgan fingerprint density at radius 3 is 2.68 bits per heavy atom. The van der Waals surface area contributed by atoms with Crippen LogP contribution in [-0.2, 0) is 21.4 Å². The third-order valence-electron chi connectivity index (χ3n) is 5.47. The summed E-state index contributed by atoms with van der Waals surface area (Å²) >= 11 is 0. The largest absolute Gasteiger partial charge is 0.352 e. The Hall–Kier alpha value is -3.04. The number of rotatable bonds is 5. The quantitative estimate of drug-likeness (QED) is 0.633. The van der Waals surface area contributed by atoms with Crippen LogP contribution in [0.4, 0.5) is 4.39 Å². The molecule has 1 unspecified atom stereocenters. The maximum absolute atomic E-state index is 13.2. The van der Waals surface area contributed by atoms with E-state index in [0.717, 1.165) is 5.56 Å². The molecule has 3 aromatic rings. The molecule has 7 nitrogen and oxygen atoms in total. The molecule has 0 bridgehead atoms. The summed E-state index contributed by atoms with van der Waals surface area (Å²) in [6.45, 7) is 0.695. The molecule has 162 valence electrons. The van der Waals surface area contributed by atoms with Crippen LogP contribution in [0.15, 0.2) is 64.3 Å². The van der Waals surface area contributed by atoms with Crippen LogP contribution < -0.4 is 10.9 Å². The number of benzene rings is 2. The summed E-state index contributed by atoms with van der Waals surface area (Å²) in [5, 5.41) is 3.43. The molecule has 2 N–H and O–H groups in total. The monoisotopic (exact) mass is 443 g/mol. The number of fused-ring (bicyclic) bond motifs is 1. The Labute approximate surface area is 178 Å².